The summed E-state index contributed by atoms with van der Waals surface area (Å²) in [5.74, 6) is 0.194. The summed E-state index contributed by atoms with van der Waals surface area (Å²) < 4.78 is 10.6. The molecule has 0 aromatic heterocycles. The van der Waals surface area contributed by atoms with Crippen LogP contribution in [0.5, 0.6) is 11.5 Å². The second kappa shape index (κ2) is 8.46. The lowest BCUT2D eigenvalue weighted by molar-refractivity contribution is -0.146. The molecule has 1 aromatic carbocycles. The van der Waals surface area contributed by atoms with Crippen molar-refractivity contribution in [2.45, 2.75) is 37.3 Å². The third kappa shape index (κ3) is 4.54. The largest absolute Gasteiger partial charge is 0.493 e. The summed E-state index contributed by atoms with van der Waals surface area (Å²) in [5, 5.41) is 20.8. The lowest BCUT2D eigenvalue weighted by Gasteiger charge is -2.42. The van der Waals surface area contributed by atoms with Gasteiger partial charge in [0.15, 0.2) is 11.5 Å². The Balaban J connectivity index is 1.70. The third-order valence-corrected chi connectivity index (χ3v) is 5.77. The highest BCUT2D eigenvalue weighted by atomic mass is 16.5. The molecule has 0 aliphatic carbocycles. The van der Waals surface area contributed by atoms with Crippen molar-refractivity contribution in [2.75, 3.05) is 46.9 Å². The normalized spacial score (nSPS) is 21.7. The molecule has 2 aliphatic heterocycles. The van der Waals surface area contributed by atoms with E-state index in [9.17, 15) is 15.0 Å². The maximum atomic E-state index is 12.0. The van der Waals surface area contributed by atoms with Gasteiger partial charge in [0.2, 0.25) is 0 Å². The molecule has 0 spiro atoms. The van der Waals surface area contributed by atoms with Crippen LogP contribution in [-0.2, 0) is 4.79 Å². The molecule has 27 heavy (non-hydrogen) atoms. The molecule has 1 aromatic rings. The van der Waals surface area contributed by atoms with E-state index >= 15 is 0 Å². The quantitative estimate of drug-likeness (QED) is 0.748. The average molecular weight is 378 g/mol. The van der Waals surface area contributed by atoms with E-state index in [1.165, 1.54) is 20.0 Å². The molecule has 2 heterocycles. The van der Waals surface area contributed by atoms with Crippen LogP contribution < -0.4 is 9.47 Å². The van der Waals surface area contributed by atoms with E-state index in [1.54, 1.807) is 25.3 Å². The second-order valence-corrected chi connectivity index (χ2v) is 7.60. The number of carboxylic acid groups (broad SMARTS) is 1. The fourth-order valence-corrected chi connectivity index (χ4v) is 4.25. The Kier molecular flexibility index (Phi) is 6.24. The van der Waals surface area contributed by atoms with Crippen LogP contribution in [0, 0.1) is 0 Å². The van der Waals surface area contributed by atoms with E-state index in [0.29, 0.717) is 49.5 Å². The Morgan fingerprint density at radius 2 is 1.74 bits per heavy atom. The van der Waals surface area contributed by atoms with Crippen molar-refractivity contribution < 1.29 is 24.5 Å². The van der Waals surface area contributed by atoms with Gasteiger partial charge in [0, 0.05) is 19.6 Å². The van der Waals surface area contributed by atoms with E-state index in [0.717, 1.165) is 13.1 Å². The number of ether oxygens (including phenoxy) is 2. The van der Waals surface area contributed by atoms with Gasteiger partial charge in [0.1, 0.15) is 6.04 Å². The summed E-state index contributed by atoms with van der Waals surface area (Å²) in [4.78, 5) is 16.3. The second-order valence-electron chi connectivity index (χ2n) is 7.60. The summed E-state index contributed by atoms with van der Waals surface area (Å²) in [6.07, 6.45) is 3.56. The first kappa shape index (κ1) is 19.9. The summed E-state index contributed by atoms with van der Waals surface area (Å²) >= 11 is 0. The Bertz CT molecular complexity index is 652. The molecule has 0 radical (unpaired) electrons. The first-order chi connectivity index (χ1) is 13.0. The molecule has 2 N–H and O–H groups in total. The van der Waals surface area contributed by atoms with Gasteiger partial charge in [0.05, 0.1) is 19.8 Å². The number of piperidine rings is 1. The molecule has 2 aliphatic rings. The Hall–Kier alpha value is -1.83. The van der Waals surface area contributed by atoms with E-state index in [4.69, 9.17) is 9.47 Å². The number of β-amino-alcohol motifs (C(OH)–C–C–N with tert-alkyl or cyclic N) is 1. The first-order valence-corrected chi connectivity index (χ1v) is 9.59. The SMILES string of the molecule is COc1ccc(C(C(=O)O)N2CCC(O)(CN3CCCC3)CC2)cc1OC. The minimum absolute atomic E-state index is 0.517. The third-order valence-electron chi connectivity index (χ3n) is 5.77. The number of likely N-dealkylation sites (tertiary alicyclic amines) is 2. The highest BCUT2D eigenvalue weighted by molar-refractivity contribution is 5.76. The zero-order valence-corrected chi connectivity index (χ0v) is 16.2. The zero-order valence-electron chi connectivity index (χ0n) is 16.2. The van der Waals surface area contributed by atoms with Gasteiger partial charge < -0.3 is 24.6 Å². The van der Waals surface area contributed by atoms with Gasteiger partial charge in [-0.25, -0.2) is 0 Å². The first-order valence-electron chi connectivity index (χ1n) is 9.59. The van der Waals surface area contributed by atoms with Crippen molar-refractivity contribution >= 4 is 5.97 Å². The summed E-state index contributed by atoms with van der Waals surface area (Å²) in [7, 11) is 3.09. The molecule has 3 rings (SSSR count). The maximum Gasteiger partial charge on any atom is 0.325 e. The Morgan fingerprint density at radius 3 is 2.30 bits per heavy atom. The lowest BCUT2D eigenvalue weighted by atomic mass is 9.89. The van der Waals surface area contributed by atoms with Crippen LogP contribution in [-0.4, -0.2) is 78.5 Å². The topological polar surface area (TPSA) is 82.5 Å². The number of carboxylic acids is 1. The van der Waals surface area contributed by atoms with Crippen molar-refractivity contribution in [2.24, 2.45) is 0 Å². The predicted molar refractivity (Wildman–Crippen MR) is 101 cm³/mol. The number of aliphatic hydroxyl groups is 1. The molecule has 0 amide bonds. The lowest BCUT2D eigenvalue weighted by Crippen LogP contribution is -2.52. The van der Waals surface area contributed by atoms with Crippen molar-refractivity contribution in [1.82, 2.24) is 9.80 Å². The van der Waals surface area contributed by atoms with E-state index in [1.807, 2.05) is 4.90 Å². The number of hydrogen-bond donors (Lipinski definition) is 2. The van der Waals surface area contributed by atoms with Crippen LogP contribution in [0.4, 0.5) is 0 Å². The molecule has 0 bridgehead atoms. The zero-order chi connectivity index (χ0) is 19.4. The predicted octanol–water partition coefficient (Wildman–Crippen LogP) is 1.75. The van der Waals surface area contributed by atoms with Gasteiger partial charge in [-0.2, -0.15) is 0 Å². The van der Waals surface area contributed by atoms with Crippen LogP contribution in [0.15, 0.2) is 18.2 Å². The number of nitrogens with zero attached hydrogens (tertiary/aromatic N) is 2. The number of carbonyl (C=O) groups is 1. The van der Waals surface area contributed by atoms with Crippen molar-refractivity contribution in [1.29, 1.82) is 0 Å². The minimum Gasteiger partial charge on any atom is -0.493 e. The number of aliphatic carboxylic acids is 1. The van der Waals surface area contributed by atoms with Crippen molar-refractivity contribution in [3.63, 3.8) is 0 Å². The molecule has 7 nitrogen and oxygen atoms in total. The van der Waals surface area contributed by atoms with Crippen LogP contribution in [0.3, 0.4) is 0 Å². The van der Waals surface area contributed by atoms with Crippen LogP contribution in [0.25, 0.3) is 0 Å². The number of methoxy groups -OCH3 is 2. The van der Waals surface area contributed by atoms with Gasteiger partial charge in [-0.1, -0.05) is 6.07 Å². The van der Waals surface area contributed by atoms with Gasteiger partial charge >= 0.3 is 5.97 Å². The number of hydrogen-bond acceptors (Lipinski definition) is 6. The van der Waals surface area contributed by atoms with Crippen LogP contribution in [0.1, 0.15) is 37.3 Å². The maximum absolute atomic E-state index is 12.0. The van der Waals surface area contributed by atoms with Crippen molar-refractivity contribution in [3.8, 4) is 11.5 Å². The van der Waals surface area contributed by atoms with Crippen LogP contribution in [0.2, 0.25) is 0 Å². The molecule has 2 saturated heterocycles. The van der Waals surface area contributed by atoms with E-state index in [-0.39, 0.29) is 0 Å². The van der Waals surface area contributed by atoms with E-state index < -0.39 is 17.6 Å². The highest BCUT2D eigenvalue weighted by Gasteiger charge is 2.38. The average Bonchev–Trinajstić information content (AvgIpc) is 3.15. The van der Waals surface area contributed by atoms with Gasteiger partial charge in [-0.15, -0.1) is 0 Å². The van der Waals surface area contributed by atoms with Gasteiger partial charge in [-0.05, 0) is 56.5 Å². The molecule has 1 atom stereocenters. The molecule has 2 fully saturated rings. The van der Waals surface area contributed by atoms with Gasteiger partial charge in [0.25, 0.3) is 0 Å². The molecular formula is C20H30N2O5. The standard InChI is InChI=1S/C20H30N2O5/c1-26-16-6-5-15(13-17(16)27-2)18(19(23)24)22-11-7-20(25,8-12-22)14-21-9-3-4-10-21/h5-6,13,18,25H,3-4,7-12,14H2,1-2H3,(H,23,24). The number of rotatable bonds is 7. The Labute approximate surface area is 160 Å². The van der Waals surface area contributed by atoms with E-state index in [2.05, 4.69) is 4.90 Å². The molecule has 1 unspecified atom stereocenters. The number of benzene rings is 1. The summed E-state index contributed by atoms with van der Waals surface area (Å²) in [6, 6.07) is 4.46. The fraction of sp³-hybridized carbons (Fsp3) is 0.650. The summed E-state index contributed by atoms with van der Waals surface area (Å²) in [6.45, 7) is 3.89. The highest BCUT2D eigenvalue weighted by Crippen LogP contribution is 2.35. The van der Waals surface area contributed by atoms with Gasteiger partial charge in [-0.3, -0.25) is 9.69 Å². The smallest absolute Gasteiger partial charge is 0.325 e. The molecule has 150 valence electrons. The molecule has 0 saturated carbocycles. The summed E-state index contributed by atoms with van der Waals surface area (Å²) in [5.41, 5.74) is -0.0632. The minimum atomic E-state index is -0.896. The molecular weight excluding hydrogens is 348 g/mol. The Morgan fingerprint density at radius 1 is 1.11 bits per heavy atom. The monoisotopic (exact) mass is 378 g/mol. The molecule has 7 heteroatoms. The van der Waals surface area contributed by atoms with Crippen LogP contribution >= 0.6 is 0 Å². The fourth-order valence-electron chi connectivity index (χ4n) is 4.25. The van der Waals surface area contributed by atoms with Crippen molar-refractivity contribution in [3.05, 3.63) is 23.8 Å².